The third-order valence-electron chi connectivity index (χ3n) is 4.52. The van der Waals surface area contributed by atoms with Crippen molar-refractivity contribution in [2.24, 2.45) is 0 Å². The van der Waals surface area contributed by atoms with Crippen molar-refractivity contribution >= 4 is 22.5 Å². The summed E-state index contributed by atoms with van der Waals surface area (Å²) in [5.74, 6) is -4.63. The van der Waals surface area contributed by atoms with Crippen LogP contribution >= 0.6 is 0 Å². The Balaban J connectivity index is 1.95. The molecule has 1 atom stereocenters. The highest BCUT2D eigenvalue weighted by molar-refractivity contribution is 5.90. The highest BCUT2D eigenvalue weighted by atomic mass is 19.2. The number of hydrogen-bond acceptors (Lipinski definition) is 2. The van der Waals surface area contributed by atoms with Gasteiger partial charge in [-0.15, -0.1) is 0 Å². The number of anilines is 1. The van der Waals surface area contributed by atoms with Crippen molar-refractivity contribution in [3.8, 4) is 0 Å². The second-order valence-corrected chi connectivity index (χ2v) is 6.20. The van der Waals surface area contributed by atoms with Crippen molar-refractivity contribution in [2.45, 2.75) is 13.0 Å². The van der Waals surface area contributed by atoms with E-state index in [0.717, 1.165) is 23.1 Å². The maximum atomic E-state index is 13.8. The molecule has 2 aromatic carbocycles. The summed E-state index contributed by atoms with van der Waals surface area (Å²) < 4.78 is 54.2. The van der Waals surface area contributed by atoms with E-state index in [0.29, 0.717) is 5.56 Å². The predicted octanol–water partition coefficient (Wildman–Crippen LogP) is 4.31. The Hall–Kier alpha value is -3.36. The van der Waals surface area contributed by atoms with E-state index >= 15 is 0 Å². The Bertz CT molecular complexity index is 1130. The first-order valence-corrected chi connectivity index (χ1v) is 8.19. The molecule has 9 heteroatoms. The van der Waals surface area contributed by atoms with Crippen molar-refractivity contribution < 1.29 is 22.4 Å². The largest absolute Gasteiger partial charge is 0.328 e. The fourth-order valence-electron chi connectivity index (χ4n) is 2.81. The van der Waals surface area contributed by atoms with Crippen LogP contribution in [0.2, 0.25) is 0 Å². The summed E-state index contributed by atoms with van der Waals surface area (Å²) in [6.45, 7) is 1.58. The van der Waals surface area contributed by atoms with Gasteiger partial charge in [0, 0.05) is 13.2 Å². The minimum absolute atomic E-state index is 0.0757. The number of nitrogens with zero attached hydrogens (tertiary/aromatic N) is 1. The monoisotopic (exact) mass is 393 g/mol. The number of carbonyl (C=O) groups is 1. The molecule has 0 spiro atoms. The first-order valence-electron chi connectivity index (χ1n) is 8.19. The van der Waals surface area contributed by atoms with E-state index in [-0.39, 0.29) is 16.5 Å². The van der Waals surface area contributed by atoms with Crippen LogP contribution in [0.4, 0.5) is 28.0 Å². The molecule has 2 N–H and O–H groups in total. The Kier molecular flexibility index (Phi) is 5.08. The van der Waals surface area contributed by atoms with Crippen molar-refractivity contribution in [2.75, 3.05) is 12.4 Å². The first-order chi connectivity index (χ1) is 13.2. The molecule has 1 aromatic heterocycles. The maximum Gasteiger partial charge on any atom is 0.322 e. The lowest BCUT2D eigenvalue weighted by Gasteiger charge is -2.26. The van der Waals surface area contributed by atoms with Crippen LogP contribution in [0.25, 0.3) is 10.8 Å². The second kappa shape index (κ2) is 7.34. The number of urea groups is 1. The summed E-state index contributed by atoms with van der Waals surface area (Å²) in [6.07, 6.45) is 1.29. The van der Waals surface area contributed by atoms with E-state index in [1.165, 1.54) is 25.4 Å². The molecule has 0 fully saturated rings. The molecule has 2 amide bonds. The Morgan fingerprint density at radius 1 is 1.07 bits per heavy atom. The Morgan fingerprint density at radius 2 is 1.71 bits per heavy atom. The fourth-order valence-corrected chi connectivity index (χ4v) is 2.81. The zero-order valence-corrected chi connectivity index (χ0v) is 14.8. The highest BCUT2D eigenvalue weighted by Crippen LogP contribution is 2.27. The second-order valence-electron chi connectivity index (χ2n) is 6.20. The van der Waals surface area contributed by atoms with Gasteiger partial charge in [0.05, 0.1) is 17.1 Å². The molecule has 1 heterocycles. The van der Waals surface area contributed by atoms with Gasteiger partial charge in [-0.2, -0.15) is 0 Å². The van der Waals surface area contributed by atoms with Crippen LogP contribution in [0, 0.1) is 23.3 Å². The molecular weight excluding hydrogens is 378 g/mol. The third-order valence-corrected chi connectivity index (χ3v) is 4.52. The summed E-state index contributed by atoms with van der Waals surface area (Å²) in [4.78, 5) is 27.9. The smallest absolute Gasteiger partial charge is 0.322 e. The molecular formula is C19H15F4N3O2. The number of fused-ring (bicyclic) bond motifs is 1. The van der Waals surface area contributed by atoms with Crippen LogP contribution in [-0.4, -0.2) is 23.0 Å². The number of aromatic nitrogens is 1. The van der Waals surface area contributed by atoms with E-state index < -0.39 is 40.9 Å². The lowest BCUT2D eigenvalue weighted by atomic mass is 10.0. The normalized spacial score (nSPS) is 12.1. The molecule has 0 aliphatic carbocycles. The molecule has 0 bridgehead atoms. The van der Waals surface area contributed by atoms with Crippen molar-refractivity contribution in [1.29, 1.82) is 0 Å². The average Bonchev–Trinajstić information content (AvgIpc) is 2.66. The fraction of sp³-hybridized carbons (Fsp3) is 0.158. The summed E-state index contributed by atoms with van der Waals surface area (Å²) >= 11 is 0. The van der Waals surface area contributed by atoms with Crippen LogP contribution in [0.15, 0.2) is 41.3 Å². The molecule has 0 saturated carbocycles. The van der Waals surface area contributed by atoms with E-state index in [2.05, 4.69) is 10.3 Å². The molecule has 28 heavy (non-hydrogen) atoms. The number of H-pyrrole nitrogens is 1. The zero-order valence-electron chi connectivity index (χ0n) is 14.8. The number of halogens is 4. The number of hydrogen-bond donors (Lipinski definition) is 2. The number of rotatable bonds is 3. The van der Waals surface area contributed by atoms with Gasteiger partial charge in [-0.1, -0.05) is 6.07 Å². The summed E-state index contributed by atoms with van der Waals surface area (Å²) in [5.41, 5.74) is -0.617. The van der Waals surface area contributed by atoms with Crippen molar-refractivity contribution in [3.05, 3.63) is 75.7 Å². The number of carbonyl (C=O) groups excluding carboxylic acids is 1. The molecule has 3 rings (SSSR count). The molecule has 0 unspecified atom stereocenters. The summed E-state index contributed by atoms with van der Waals surface area (Å²) in [5, 5.41) is 2.30. The van der Waals surface area contributed by atoms with E-state index in [1.807, 2.05) is 0 Å². The van der Waals surface area contributed by atoms with Gasteiger partial charge in [0.15, 0.2) is 23.3 Å². The molecule has 0 radical (unpaired) electrons. The topological polar surface area (TPSA) is 65.2 Å². The quantitative estimate of drug-likeness (QED) is 0.652. The van der Waals surface area contributed by atoms with E-state index in [4.69, 9.17) is 0 Å². The SMILES string of the molecule is C[C@@H](c1c[nH]c(=O)c2cc(F)c(F)cc12)N(C)C(=O)Nc1cccc(F)c1F. The lowest BCUT2D eigenvalue weighted by molar-refractivity contribution is 0.208. The highest BCUT2D eigenvalue weighted by Gasteiger charge is 2.22. The van der Waals surface area contributed by atoms with Gasteiger partial charge in [0.2, 0.25) is 0 Å². The first kappa shape index (κ1) is 19.4. The van der Waals surface area contributed by atoms with Crippen LogP contribution in [0.1, 0.15) is 18.5 Å². The van der Waals surface area contributed by atoms with Crippen LogP contribution in [0.5, 0.6) is 0 Å². The molecule has 0 aliphatic rings. The van der Waals surface area contributed by atoms with Crippen LogP contribution in [-0.2, 0) is 0 Å². The van der Waals surface area contributed by atoms with E-state index in [9.17, 15) is 27.2 Å². The summed E-state index contributed by atoms with van der Waals surface area (Å²) in [6, 6.07) is 3.52. The van der Waals surface area contributed by atoms with Gasteiger partial charge >= 0.3 is 6.03 Å². The molecule has 3 aromatic rings. The minimum atomic E-state index is -1.20. The van der Waals surface area contributed by atoms with Gasteiger partial charge in [-0.25, -0.2) is 22.4 Å². The standard InChI is InChI=1S/C19H15F4N3O2/c1-9(26(2)19(28)25-16-5-3-4-13(20)17(16)23)12-8-24-18(27)11-7-15(22)14(21)6-10(11)12/h3-9H,1-2H3,(H,24,27)(H,25,28)/t9-/m0/s1. The van der Waals surface area contributed by atoms with Crippen molar-refractivity contribution in [3.63, 3.8) is 0 Å². The Labute approximate surface area is 156 Å². The maximum absolute atomic E-state index is 13.8. The number of amides is 2. The number of pyridine rings is 1. The van der Waals surface area contributed by atoms with Gasteiger partial charge in [-0.3, -0.25) is 4.79 Å². The van der Waals surface area contributed by atoms with Crippen molar-refractivity contribution in [1.82, 2.24) is 9.88 Å². The van der Waals surface area contributed by atoms with E-state index in [1.54, 1.807) is 6.92 Å². The zero-order chi connectivity index (χ0) is 20.6. The Morgan fingerprint density at radius 3 is 2.39 bits per heavy atom. The minimum Gasteiger partial charge on any atom is -0.328 e. The number of nitrogens with one attached hydrogen (secondary N) is 2. The molecule has 5 nitrogen and oxygen atoms in total. The summed E-state index contributed by atoms with van der Waals surface area (Å²) in [7, 11) is 1.38. The molecule has 146 valence electrons. The van der Waals surface area contributed by atoms with Gasteiger partial charge in [0.1, 0.15) is 0 Å². The van der Waals surface area contributed by atoms with Crippen LogP contribution < -0.4 is 10.9 Å². The lowest BCUT2D eigenvalue weighted by Crippen LogP contribution is -2.34. The van der Waals surface area contributed by atoms with Crippen LogP contribution in [0.3, 0.4) is 0 Å². The predicted molar refractivity (Wildman–Crippen MR) is 96.0 cm³/mol. The van der Waals surface area contributed by atoms with Gasteiger partial charge in [0.25, 0.3) is 5.56 Å². The van der Waals surface area contributed by atoms with Gasteiger partial charge in [-0.05, 0) is 42.1 Å². The number of aromatic amines is 1. The average molecular weight is 393 g/mol. The molecule has 0 saturated heterocycles. The third kappa shape index (κ3) is 3.42. The number of benzene rings is 2. The van der Waals surface area contributed by atoms with Gasteiger partial charge < -0.3 is 15.2 Å². The molecule has 0 aliphatic heterocycles.